The third-order valence-electron chi connectivity index (χ3n) is 3.56. The van der Waals surface area contributed by atoms with Gasteiger partial charge in [0.2, 0.25) is 0 Å². The van der Waals surface area contributed by atoms with Crippen molar-refractivity contribution >= 4 is 0 Å². The van der Waals surface area contributed by atoms with Gasteiger partial charge >= 0.3 is 0 Å². The van der Waals surface area contributed by atoms with Gasteiger partial charge in [-0.2, -0.15) is 5.10 Å². The molecule has 0 radical (unpaired) electrons. The Balaban J connectivity index is 1.93. The van der Waals surface area contributed by atoms with Gasteiger partial charge in [-0.1, -0.05) is 6.92 Å². The zero-order valence-electron chi connectivity index (χ0n) is 12.7. The van der Waals surface area contributed by atoms with Crippen molar-refractivity contribution in [3.05, 3.63) is 41.6 Å². The van der Waals surface area contributed by atoms with Crippen LogP contribution in [0.5, 0.6) is 0 Å². The zero-order valence-corrected chi connectivity index (χ0v) is 12.7. The Morgan fingerprint density at radius 2 is 2.30 bits per heavy atom. The highest BCUT2D eigenvalue weighted by atomic mass is 16.3. The number of nitrogens with zero attached hydrogens (tertiary/aromatic N) is 2. The number of aromatic nitrogens is 2. The van der Waals surface area contributed by atoms with E-state index < -0.39 is 0 Å². The fourth-order valence-electron chi connectivity index (χ4n) is 2.50. The quantitative estimate of drug-likeness (QED) is 0.805. The number of rotatable bonds is 8. The van der Waals surface area contributed by atoms with E-state index in [4.69, 9.17) is 4.42 Å². The van der Waals surface area contributed by atoms with Crippen LogP contribution in [0.2, 0.25) is 0 Å². The second-order valence-electron chi connectivity index (χ2n) is 5.37. The maximum Gasteiger partial charge on any atom is 0.103 e. The fraction of sp³-hybridized carbons (Fsp3) is 0.562. The molecule has 1 unspecified atom stereocenters. The monoisotopic (exact) mass is 275 g/mol. The Morgan fingerprint density at radius 1 is 1.45 bits per heavy atom. The SMILES string of the molecule is CCCNC(CCc1ccco1)Cc1cc(C)nn1C. The standard InChI is InChI=1S/C16H25N3O/c1-4-9-17-14(7-8-16-6-5-10-20-16)12-15-11-13(2)18-19(15)3/h5-6,10-11,14,17H,4,7-9,12H2,1-3H3. The van der Waals surface area contributed by atoms with Crippen LogP contribution >= 0.6 is 0 Å². The molecule has 0 aliphatic carbocycles. The molecule has 0 aromatic carbocycles. The molecule has 2 heterocycles. The molecule has 4 heteroatoms. The summed E-state index contributed by atoms with van der Waals surface area (Å²) in [4.78, 5) is 0. The fourth-order valence-corrected chi connectivity index (χ4v) is 2.50. The molecule has 0 fully saturated rings. The average Bonchev–Trinajstić information content (AvgIpc) is 3.03. The summed E-state index contributed by atoms with van der Waals surface area (Å²) < 4.78 is 7.41. The van der Waals surface area contributed by atoms with Crippen molar-refractivity contribution in [3.63, 3.8) is 0 Å². The molecule has 0 spiro atoms. The maximum atomic E-state index is 5.42. The molecule has 0 amide bonds. The zero-order chi connectivity index (χ0) is 14.4. The molecule has 1 N–H and O–H groups in total. The van der Waals surface area contributed by atoms with Crippen molar-refractivity contribution in [1.82, 2.24) is 15.1 Å². The van der Waals surface area contributed by atoms with Gasteiger partial charge in [0.25, 0.3) is 0 Å². The lowest BCUT2D eigenvalue weighted by molar-refractivity contribution is 0.435. The van der Waals surface area contributed by atoms with Crippen LogP contribution in [-0.4, -0.2) is 22.4 Å². The Hall–Kier alpha value is -1.55. The molecule has 2 rings (SSSR count). The second kappa shape index (κ2) is 7.29. The molecule has 20 heavy (non-hydrogen) atoms. The highest BCUT2D eigenvalue weighted by Crippen LogP contribution is 2.11. The first kappa shape index (κ1) is 14.9. The molecule has 2 aromatic rings. The topological polar surface area (TPSA) is 43.0 Å². The van der Waals surface area contributed by atoms with Crippen LogP contribution in [0.1, 0.15) is 36.9 Å². The van der Waals surface area contributed by atoms with Crippen molar-refractivity contribution < 1.29 is 4.42 Å². The van der Waals surface area contributed by atoms with Gasteiger partial charge in [0, 0.05) is 31.6 Å². The van der Waals surface area contributed by atoms with Crippen LogP contribution in [0.4, 0.5) is 0 Å². The summed E-state index contributed by atoms with van der Waals surface area (Å²) >= 11 is 0. The van der Waals surface area contributed by atoms with E-state index in [-0.39, 0.29) is 0 Å². The average molecular weight is 275 g/mol. The first-order valence-electron chi connectivity index (χ1n) is 7.44. The van der Waals surface area contributed by atoms with Gasteiger partial charge in [-0.25, -0.2) is 0 Å². The lowest BCUT2D eigenvalue weighted by atomic mass is 10.0. The van der Waals surface area contributed by atoms with E-state index in [2.05, 4.69) is 23.4 Å². The summed E-state index contributed by atoms with van der Waals surface area (Å²) in [7, 11) is 2.02. The summed E-state index contributed by atoms with van der Waals surface area (Å²) in [5.41, 5.74) is 2.37. The van der Waals surface area contributed by atoms with Crippen LogP contribution in [0.15, 0.2) is 28.9 Å². The highest BCUT2D eigenvalue weighted by molar-refractivity contribution is 5.10. The molecule has 0 aliphatic heterocycles. The normalized spacial score (nSPS) is 12.8. The Morgan fingerprint density at radius 3 is 2.90 bits per heavy atom. The first-order valence-corrected chi connectivity index (χ1v) is 7.44. The van der Waals surface area contributed by atoms with Gasteiger partial charge in [0.05, 0.1) is 12.0 Å². The summed E-state index contributed by atoms with van der Waals surface area (Å²) in [5, 5.41) is 8.06. The molecular formula is C16H25N3O. The van der Waals surface area contributed by atoms with Crippen LogP contribution in [0.25, 0.3) is 0 Å². The molecule has 0 aliphatic rings. The molecule has 110 valence electrons. The highest BCUT2D eigenvalue weighted by Gasteiger charge is 2.13. The maximum absolute atomic E-state index is 5.42. The summed E-state index contributed by atoms with van der Waals surface area (Å²) in [6.07, 6.45) is 5.97. The van der Waals surface area contributed by atoms with E-state index in [0.717, 1.165) is 43.7 Å². The summed E-state index contributed by atoms with van der Waals surface area (Å²) in [5.74, 6) is 1.06. The Bertz CT molecular complexity index is 502. The second-order valence-corrected chi connectivity index (χ2v) is 5.37. The lowest BCUT2D eigenvalue weighted by Gasteiger charge is -2.18. The Kier molecular flexibility index (Phi) is 5.41. The number of aryl methyl sites for hydroxylation is 3. The minimum absolute atomic E-state index is 0.467. The van der Waals surface area contributed by atoms with E-state index in [0.29, 0.717) is 6.04 Å². The van der Waals surface area contributed by atoms with Crippen molar-refractivity contribution in [2.75, 3.05) is 6.54 Å². The Labute approximate surface area is 121 Å². The van der Waals surface area contributed by atoms with E-state index in [1.807, 2.05) is 30.8 Å². The van der Waals surface area contributed by atoms with Gasteiger partial charge in [0.15, 0.2) is 0 Å². The third-order valence-corrected chi connectivity index (χ3v) is 3.56. The largest absolute Gasteiger partial charge is 0.469 e. The van der Waals surface area contributed by atoms with Crippen LogP contribution in [-0.2, 0) is 19.9 Å². The third kappa shape index (κ3) is 4.23. The van der Waals surface area contributed by atoms with Crippen molar-refractivity contribution in [2.45, 2.75) is 45.6 Å². The number of furan rings is 1. The van der Waals surface area contributed by atoms with Gasteiger partial charge < -0.3 is 9.73 Å². The van der Waals surface area contributed by atoms with Gasteiger partial charge in [0.1, 0.15) is 5.76 Å². The molecule has 0 saturated carbocycles. The van der Waals surface area contributed by atoms with Gasteiger partial charge in [-0.3, -0.25) is 4.68 Å². The van der Waals surface area contributed by atoms with E-state index in [9.17, 15) is 0 Å². The van der Waals surface area contributed by atoms with Crippen molar-refractivity contribution in [2.24, 2.45) is 7.05 Å². The van der Waals surface area contributed by atoms with E-state index in [1.54, 1.807) is 6.26 Å². The van der Waals surface area contributed by atoms with Gasteiger partial charge in [-0.15, -0.1) is 0 Å². The molecule has 0 bridgehead atoms. The minimum Gasteiger partial charge on any atom is -0.469 e. The van der Waals surface area contributed by atoms with Crippen LogP contribution in [0.3, 0.4) is 0 Å². The van der Waals surface area contributed by atoms with E-state index >= 15 is 0 Å². The van der Waals surface area contributed by atoms with Crippen LogP contribution in [0, 0.1) is 6.92 Å². The summed E-state index contributed by atoms with van der Waals surface area (Å²) in [6.45, 7) is 5.30. The molecule has 2 aromatic heterocycles. The molecule has 0 saturated heterocycles. The predicted octanol–water partition coefficient (Wildman–Crippen LogP) is 2.87. The van der Waals surface area contributed by atoms with E-state index in [1.165, 1.54) is 5.69 Å². The summed E-state index contributed by atoms with van der Waals surface area (Å²) in [6, 6.07) is 6.64. The number of hydrogen-bond donors (Lipinski definition) is 1. The molecule has 1 atom stereocenters. The minimum atomic E-state index is 0.467. The predicted molar refractivity (Wildman–Crippen MR) is 80.8 cm³/mol. The molecular weight excluding hydrogens is 250 g/mol. The van der Waals surface area contributed by atoms with Crippen molar-refractivity contribution in [1.29, 1.82) is 0 Å². The van der Waals surface area contributed by atoms with Crippen molar-refractivity contribution in [3.8, 4) is 0 Å². The first-order chi connectivity index (χ1) is 9.69. The number of nitrogens with one attached hydrogen (secondary N) is 1. The smallest absolute Gasteiger partial charge is 0.103 e. The number of hydrogen-bond acceptors (Lipinski definition) is 3. The lowest BCUT2D eigenvalue weighted by Crippen LogP contribution is -2.33. The van der Waals surface area contributed by atoms with Gasteiger partial charge in [-0.05, 0) is 44.5 Å². The van der Waals surface area contributed by atoms with Crippen LogP contribution < -0.4 is 5.32 Å². The molecule has 4 nitrogen and oxygen atoms in total.